The van der Waals surface area contributed by atoms with Crippen LogP contribution < -0.4 is 16.3 Å². The second-order valence-corrected chi connectivity index (χ2v) is 2.08. The first-order valence-corrected chi connectivity index (χ1v) is 3.38. The van der Waals surface area contributed by atoms with Crippen LogP contribution in [-0.4, -0.2) is 11.5 Å². The normalized spacial score (nSPS) is 14.6. The van der Waals surface area contributed by atoms with Crippen LogP contribution in [-0.2, 0) is 0 Å². The fraction of sp³-hybridized carbons (Fsp3) is 0.250. The van der Waals surface area contributed by atoms with E-state index in [2.05, 4.69) is 4.98 Å². The highest BCUT2D eigenvalue weighted by molar-refractivity contribution is 5.28. The summed E-state index contributed by atoms with van der Waals surface area (Å²) in [6.45, 7) is 2.60. The van der Waals surface area contributed by atoms with Crippen LogP contribution in [0.4, 0.5) is 0 Å². The molecule has 1 aromatic heterocycles. The van der Waals surface area contributed by atoms with E-state index in [1.165, 1.54) is 5.22 Å². The fourth-order valence-corrected chi connectivity index (χ4v) is 0.949. The van der Waals surface area contributed by atoms with Crippen molar-refractivity contribution in [3.05, 3.63) is 22.8 Å². The van der Waals surface area contributed by atoms with E-state index in [1.54, 1.807) is 0 Å². The van der Waals surface area contributed by atoms with E-state index in [0.29, 0.717) is 6.54 Å². The van der Waals surface area contributed by atoms with Crippen LogP contribution in [0, 0.1) is 0 Å². The first kappa shape index (κ1) is 7.09. The Morgan fingerprint density at radius 1 is 1.70 bits per heavy atom. The van der Waals surface area contributed by atoms with Crippen molar-refractivity contribution in [2.24, 2.45) is 5.73 Å². The third-order valence-corrected chi connectivity index (χ3v) is 1.44. The minimum absolute atomic E-state index is 0.596. The Morgan fingerprint density at radius 2 is 2.50 bits per heavy atom. The zero-order chi connectivity index (χ0) is 7.40. The van der Waals surface area contributed by atoms with Crippen LogP contribution in [0.3, 0.4) is 0 Å². The summed E-state index contributed by atoms with van der Waals surface area (Å²) in [5.74, 6) is 0. The first-order valence-electron chi connectivity index (χ1n) is 3.38. The number of hydrogen-bond acceptors (Lipinski definition) is 1. The van der Waals surface area contributed by atoms with Gasteiger partial charge in [0.05, 0.1) is 0 Å². The second-order valence-electron chi connectivity index (χ2n) is 2.08. The number of aromatic nitrogens is 1. The van der Waals surface area contributed by atoms with Gasteiger partial charge in [0.2, 0.25) is 0 Å². The van der Waals surface area contributed by atoms with E-state index < -0.39 is 0 Å². The topological polar surface area (TPSA) is 41.8 Å². The Kier molecular flexibility index (Phi) is 2.29. The van der Waals surface area contributed by atoms with Crippen molar-refractivity contribution >= 4 is 12.2 Å². The summed E-state index contributed by atoms with van der Waals surface area (Å²) in [6.07, 6.45) is 5.93. The van der Waals surface area contributed by atoms with Gasteiger partial charge in [0.1, 0.15) is 0 Å². The molecule has 0 spiro atoms. The van der Waals surface area contributed by atoms with E-state index in [9.17, 15) is 0 Å². The van der Waals surface area contributed by atoms with Crippen molar-refractivity contribution in [3.63, 3.8) is 0 Å². The predicted octanol–water partition coefficient (Wildman–Crippen LogP) is -0.446. The minimum atomic E-state index is 0.596. The summed E-state index contributed by atoms with van der Waals surface area (Å²) < 4.78 is 0. The van der Waals surface area contributed by atoms with Crippen molar-refractivity contribution in [2.45, 2.75) is 6.92 Å². The van der Waals surface area contributed by atoms with Gasteiger partial charge in [0, 0.05) is 18.1 Å². The van der Waals surface area contributed by atoms with Crippen LogP contribution in [0.2, 0.25) is 0 Å². The van der Waals surface area contributed by atoms with E-state index in [4.69, 9.17) is 5.73 Å². The molecule has 0 amide bonds. The Morgan fingerprint density at radius 3 is 3.10 bits per heavy atom. The average molecular weight is 136 g/mol. The summed E-state index contributed by atoms with van der Waals surface area (Å²) in [6, 6.07) is 2.02. The van der Waals surface area contributed by atoms with Gasteiger partial charge < -0.3 is 10.7 Å². The molecule has 0 aromatic carbocycles. The lowest BCUT2D eigenvalue weighted by Gasteiger charge is -1.77. The van der Waals surface area contributed by atoms with Gasteiger partial charge in [-0.1, -0.05) is 12.2 Å². The molecule has 3 N–H and O–H groups in total. The zero-order valence-electron chi connectivity index (χ0n) is 6.09. The molecule has 0 saturated carbocycles. The third kappa shape index (κ3) is 1.28. The fourth-order valence-electron chi connectivity index (χ4n) is 0.949. The van der Waals surface area contributed by atoms with Crippen molar-refractivity contribution < 1.29 is 0 Å². The maximum absolute atomic E-state index is 5.36. The van der Waals surface area contributed by atoms with Crippen LogP contribution in [0.1, 0.15) is 6.92 Å². The molecule has 54 valence electrons. The van der Waals surface area contributed by atoms with Gasteiger partial charge in [0.15, 0.2) is 0 Å². The Labute approximate surface area is 60.1 Å². The second kappa shape index (κ2) is 3.22. The first-order chi connectivity index (χ1) is 4.88. The van der Waals surface area contributed by atoms with Crippen molar-refractivity contribution in [2.75, 3.05) is 6.54 Å². The molecule has 0 radical (unpaired) electrons. The Hall–Kier alpha value is -1.02. The standard InChI is InChI=1S/C8H12N2/c1-2-8-7(3-5-9)4-6-10-8/h2-4,6,10H,5,9H2,1H3/b7-3-,8-2+. The van der Waals surface area contributed by atoms with Gasteiger partial charge in [0.25, 0.3) is 0 Å². The minimum Gasteiger partial charge on any atom is -0.361 e. The van der Waals surface area contributed by atoms with Crippen LogP contribution >= 0.6 is 0 Å². The molecule has 0 aliphatic rings. The van der Waals surface area contributed by atoms with Gasteiger partial charge in [-0.2, -0.15) is 0 Å². The monoisotopic (exact) mass is 136 g/mol. The lowest BCUT2D eigenvalue weighted by molar-refractivity contribution is 1.28. The largest absolute Gasteiger partial charge is 0.361 e. The Bertz CT molecular complexity index is 295. The van der Waals surface area contributed by atoms with Gasteiger partial charge in [-0.15, -0.1) is 0 Å². The summed E-state index contributed by atoms with van der Waals surface area (Å²) in [5, 5.41) is 2.33. The molecule has 1 heterocycles. The van der Waals surface area contributed by atoms with E-state index in [1.807, 2.05) is 31.3 Å². The quantitative estimate of drug-likeness (QED) is 0.539. The molecule has 0 atom stereocenters. The number of aromatic amines is 1. The molecule has 0 bridgehead atoms. The number of hydrogen-bond donors (Lipinski definition) is 2. The molecule has 0 aliphatic carbocycles. The predicted molar refractivity (Wildman–Crippen MR) is 43.7 cm³/mol. The third-order valence-electron chi connectivity index (χ3n) is 1.44. The maximum Gasteiger partial charge on any atom is 0.0407 e. The van der Waals surface area contributed by atoms with Crippen molar-refractivity contribution in [1.29, 1.82) is 0 Å². The summed E-state index contributed by atoms with van der Waals surface area (Å²) >= 11 is 0. The lowest BCUT2D eigenvalue weighted by atomic mass is 10.4. The zero-order valence-corrected chi connectivity index (χ0v) is 6.09. The van der Waals surface area contributed by atoms with Crippen LogP contribution in [0.15, 0.2) is 12.3 Å². The van der Waals surface area contributed by atoms with Gasteiger partial charge >= 0.3 is 0 Å². The smallest absolute Gasteiger partial charge is 0.0407 e. The van der Waals surface area contributed by atoms with E-state index in [-0.39, 0.29) is 0 Å². The van der Waals surface area contributed by atoms with E-state index >= 15 is 0 Å². The molecule has 0 unspecified atom stereocenters. The van der Waals surface area contributed by atoms with Gasteiger partial charge in [-0.25, -0.2) is 0 Å². The molecule has 10 heavy (non-hydrogen) atoms. The molecule has 2 heteroatoms. The number of rotatable bonds is 1. The average Bonchev–Trinajstić information content (AvgIpc) is 2.36. The Balaban J connectivity index is 3.28. The molecule has 0 saturated heterocycles. The SMILES string of the molecule is C/C=c1/[nH]cc/c1=C/CN. The van der Waals surface area contributed by atoms with Crippen LogP contribution in [0.5, 0.6) is 0 Å². The molecule has 0 aliphatic heterocycles. The highest BCUT2D eigenvalue weighted by Crippen LogP contribution is 1.63. The number of nitrogens with two attached hydrogens (primary N) is 1. The molecular weight excluding hydrogens is 124 g/mol. The summed E-state index contributed by atoms with van der Waals surface area (Å²) in [4.78, 5) is 3.10. The number of nitrogens with one attached hydrogen (secondary N) is 1. The molecule has 1 rings (SSSR count). The van der Waals surface area contributed by atoms with Gasteiger partial charge in [-0.05, 0) is 18.2 Å². The van der Waals surface area contributed by atoms with Gasteiger partial charge in [-0.3, -0.25) is 0 Å². The highest BCUT2D eigenvalue weighted by atomic mass is 14.6. The number of H-pyrrole nitrogens is 1. The molecule has 0 fully saturated rings. The van der Waals surface area contributed by atoms with Crippen molar-refractivity contribution in [1.82, 2.24) is 4.98 Å². The maximum atomic E-state index is 5.36. The molecular formula is C8H12N2. The molecule has 1 aromatic rings. The van der Waals surface area contributed by atoms with Crippen molar-refractivity contribution in [3.8, 4) is 0 Å². The highest BCUT2D eigenvalue weighted by Gasteiger charge is 1.80. The lowest BCUT2D eigenvalue weighted by Crippen LogP contribution is -2.22. The van der Waals surface area contributed by atoms with E-state index in [0.717, 1.165) is 5.35 Å². The summed E-state index contributed by atoms with van der Waals surface area (Å²) in [5.41, 5.74) is 5.36. The summed E-state index contributed by atoms with van der Waals surface area (Å²) in [7, 11) is 0. The molecule has 2 nitrogen and oxygen atoms in total. The van der Waals surface area contributed by atoms with Crippen LogP contribution in [0.25, 0.3) is 12.2 Å².